The summed E-state index contributed by atoms with van der Waals surface area (Å²) in [5.41, 5.74) is -0.622. The fourth-order valence-corrected chi connectivity index (χ4v) is 2.09. The first-order valence-electron chi connectivity index (χ1n) is 4.87. The molecule has 0 aliphatic carbocycles. The number of nitrogens with zero attached hydrogens (tertiary/aromatic N) is 3. The molecule has 2 heterocycles. The van der Waals surface area contributed by atoms with Gasteiger partial charge in [-0.15, -0.1) is 5.10 Å². The monoisotopic (exact) mass is 227 g/mol. The molecule has 2 rings (SSSR count). The molecule has 0 aromatic carbocycles. The molecule has 1 aliphatic heterocycles. The Labute approximate surface area is 91.9 Å². The molecule has 15 heavy (non-hydrogen) atoms. The van der Waals surface area contributed by atoms with E-state index in [-0.39, 0.29) is 5.91 Å². The molecule has 6 heteroatoms. The maximum atomic E-state index is 11.8. The second kappa shape index (κ2) is 3.86. The first-order chi connectivity index (χ1) is 7.08. The van der Waals surface area contributed by atoms with E-state index in [1.807, 2.05) is 6.92 Å². The molecular weight excluding hydrogens is 214 g/mol. The summed E-state index contributed by atoms with van der Waals surface area (Å²) in [6.07, 6.45) is 2.75. The van der Waals surface area contributed by atoms with Gasteiger partial charge in [-0.1, -0.05) is 4.49 Å². The van der Waals surface area contributed by atoms with Crippen molar-refractivity contribution in [3.8, 4) is 0 Å². The van der Waals surface area contributed by atoms with Crippen molar-refractivity contribution in [3.05, 3.63) is 11.1 Å². The molecule has 0 unspecified atom stereocenters. The van der Waals surface area contributed by atoms with Crippen LogP contribution in [0.15, 0.2) is 6.20 Å². The molecular formula is C9H13N3O2S. The van der Waals surface area contributed by atoms with Crippen LogP contribution >= 0.6 is 11.5 Å². The van der Waals surface area contributed by atoms with Gasteiger partial charge in [-0.25, -0.2) is 0 Å². The molecule has 82 valence electrons. The molecule has 1 aromatic rings. The SMILES string of the molecule is CC1(O)CCN(C(=O)c2cnns2)CC1. The first-order valence-corrected chi connectivity index (χ1v) is 5.65. The number of piperidine rings is 1. The van der Waals surface area contributed by atoms with Crippen molar-refractivity contribution < 1.29 is 9.90 Å². The second-order valence-corrected chi connectivity index (χ2v) is 4.86. The highest BCUT2D eigenvalue weighted by molar-refractivity contribution is 7.07. The van der Waals surface area contributed by atoms with E-state index in [1.54, 1.807) is 4.90 Å². The van der Waals surface area contributed by atoms with Crippen LogP contribution in [0.25, 0.3) is 0 Å². The Balaban J connectivity index is 2.00. The number of rotatable bonds is 1. The van der Waals surface area contributed by atoms with Gasteiger partial charge in [0.2, 0.25) is 0 Å². The average molecular weight is 227 g/mol. The Kier molecular flexibility index (Phi) is 2.70. The third-order valence-electron chi connectivity index (χ3n) is 2.70. The summed E-state index contributed by atoms with van der Waals surface area (Å²) in [7, 11) is 0. The van der Waals surface area contributed by atoms with E-state index in [0.29, 0.717) is 30.8 Å². The van der Waals surface area contributed by atoms with E-state index in [2.05, 4.69) is 9.59 Å². The van der Waals surface area contributed by atoms with Crippen molar-refractivity contribution in [1.29, 1.82) is 0 Å². The summed E-state index contributed by atoms with van der Waals surface area (Å²) >= 11 is 1.11. The van der Waals surface area contributed by atoms with Crippen LogP contribution in [0.5, 0.6) is 0 Å². The van der Waals surface area contributed by atoms with E-state index in [4.69, 9.17) is 0 Å². The largest absolute Gasteiger partial charge is 0.390 e. The zero-order valence-corrected chi connectivity index (χ0v) is 9.33. The van der Waals surface area contributed by atoms with Crippen molar-refractivity contribution in [1.82, 2.24) is 14.5 Å². The molecule has 1 N–H and O–H groups in total. The van der Waals surface area contributed by atoms with E-state index in [0.717, 1.165) is 11.5 Å². The Morgan fingerprint density at radius 2 is 2.27 bits per heavy atom. The molecule has 1 amide bonds. The lowest BCUT2D eigenvalue weighted by atomic mass is 9.94. The number of hydrogen-bond donors (Lipinski definition) is 1. The quantitative estimate of drug-likeness (QED) is 0.759. The number of likely N-dealkylation sites (tertiary alicyclic amines) is 1. The van der Waals surface area contributed by atoms with Crippen LogP contribution in [-0.2, 0) is 0 Å². The van der Waals surface area contributed by atoms with E-state index < -0.39 is 5.60 Å². The fraction of sp³-hybridized carbons (Fsp3) is 0.667. The summed E-state index contributed by atoms with van der Waals surface area (Å²) < 4.78 is 3.66. The number of aliphatic hydroxyl groups is 1. The lowest BCUT2D eigenvalue weighted by Crippen LogP contribution is -2.44. The Morgan fingerprint density at radius 3 is 2.80 bits per heavy atom. The number of carbonyl (C=O) groups is 1. The van der Waals surface area contributed by atoms with Gasteiger partial charge < -0.3 is 10.0 Å². The lowest BCUT2D eigenvalue weighted by molar-refractivity contribution is -0.00188. The zero-order valence-electron chi connectivity index (χ0n) is 8.51. The highest BCUT2D eigenvalue weighted by Crippen LogP contribution is 2.22. The summed E-state index contributed by atoms with van der Waals surface area (Å²) in [5.74, 6) is -0.0273. The Hall–Kier alpha value is -1.01. The third-order valence-corrected chi connectivity index (χ3v) is 3.35. The van der Waals surface area contributed by atoms with Gasteiger partial charge in [-0.2, -0.15) is 0 Å². The maximum absolute atomic E-state index is 11.8. The summed E-state index contributed by atoms with van der Waals surface area (Å²) in [5, 5.41) is 13.4. The van der Waals surface area contributed by atoms with Gasteiger partial charge in [-0.05, 0) is 31.3 Å². The van der Waals surface area contributed by atoms with Crippen LogP contribution in [0.4, 0.5) is 0 Å². The van der Waals surface area contributed by atoms with Crippen LogP contribution in [0, 0.1) is 0 Å². The van der Waals surface area contributed by atoms with Gasteiger partial charge in [-0.3, -0.25) is 4.79 Å². The molecule has 1 aliphatic rings. The minimum Gasteiger partial charge on any atom is -0.390 e. The number of amides is 1. The predicted molar refractivity (Wildman–Crippen MR) is 55.7 cm³/mol. The lowest BCUT2D eigenvalue weighted by Gasteiger charge is -2.35. The molecule has 0 atom stereocenters. The number of carbonyl (C=O) groups excluding carboxylic acids is 1. The fourth-order valence-electron chi connectivity index (χ4n) is 1.61. The summed E-state index contributed by atoms with van der Waals surface area (Å²) in [6.45, 7) is 3.01. The minimum absolute atomic E-state index is 0.0273. The molecule has 1 saturated heterocycles. The Bertz CT molecular complexity index is 340. The van der Waals surface area contributed by atoms with Crippen molar-refractivity contribution in [2.75, 3.05) is 13.1 Å². The van der Waals surface area contributed by atoms with Crippen molar-refractivity contribution >= 4 is 17.4 Å². The van der Waals surface area contributed by atoms with Gasteiger partial charge in [0.25, 0.3) is 5.91 Å². The maximum Gasteiger partial charge on any atom is 0.267 e. The van der Waals surface area contributed by atoms with Gasteiger partial charge in [0.15, 0.2) is 0 Å². The van der Waals surface area contributed by atoms with Crippen molar-refractivity contribution in [2.45, 2.75) is 25.4 Å². The van der Waals surface area contributed by atoms with Crippen LogP contribution in [0.1, 0.15) is 29.4 Å². The Morgan fingerprint density at radius 1 is 1.60 bits per heavy atom. The predicted octanol–water partition coefficient (Wildman–Crippen LogP) is 0.525. The third kappa shape index (κ3) is 2.32. The first kappa shape index (κ1) is 10.5. The molecule has 0 bridgehead atoms. The number of aromatic nitrogens is 2. The van der Waals surface area contributed by atoms with Crippen LogP contribution in [0.2, 0.25) is 0 Å². The molecule has 1 aromatic heterocycles. The van der Waals surface area contributed by atoms with Gasteiger partial charge >= 0.3 is 0 Å². The normalized spacial score (nSPS) is 20.3. The highest BCUT2D eigenvalue weighted by atomic mass is 32.1. The standard InChI is InChI=1S/C9H13N3O2S/c1-9(14)2-4-12(5-3-9)8(13)7-6-10-11-15-7/h6,14H,2-5H2,1H3. The van der Waals surface area contributed by atoms with E-state index in [1.165, 1.54) is 6.20 Å². The second-order valence-electron chi connectivity index (χ2n) is 4.07. The molecule has 0 radical (unpaired) electrons. The van der Waals surface area contributed by atoms with Crippen LogP contribution in [0.3, 0.4) is 0 Å². The molecule has 5 nitrogen and oxygen atoms in total. The van der Waals surface area contributed by atoms with Crippen molar-refractivity contribution in [3.63, 3.8) is 0 Å². The molecule has 0 spiro atoms. The van der Waals surface area contributed by atoms with Crippen molar-refractivity contribution in [2.24, 2.45) is 0 Å². The summed E-state index contributed by atoms with van der Waals surface area (Å²) in [4.78, 5) is 14.2. The average Bonchev–Trinajstić information content (AvgIpc) is 2.69. The molecule has 1 fully saturated rings. The van der Waals surface area contributed by atoms with E-state index in [9.17, 15) is 9.90 Å². The minimum atomic E-state index is -0.622. The summed E-state index contributed by atoms with van der Waals surface area (Å²) in [6, 6.07) is 0. The topological polar surface area (TPSA) is 66.3 Å². The zero-order chi connectivity index (χ0) is 10.9. The smallest absolute Gasteiger partial charge is 0.267 e. The van der Waals surface area contributed by atoms with Gasteiger partial charge in [0, 0.05) is 13.1 Å². The highest BCUT2D eigenvalue weighted by Gasteiger charge is 2.30. The van der Waals surface area contributed by atoms with Crippen LogP contribution in [-0.4, -0.2) is 44.2 Å². The van der Waals surface area contributed by atoms with Crippen LogP contribution < -0.4 is 0 Å². The van der Waals surface area contributed by atoms with E-state index >= 15 is 0 Å². The molecule has 0 saturated carbocycles. The van der Waals surface area contributed by atoms with Gasteiger partial charge in [0.1, 0.15) is 4.88 Å². The van der Waals surface area contributed by atoms with Gasteiger partial charge in [0.05, 0.1) is 11.8 Å². The number of hydrogen-bond acceptors (Lipinski definition) is 5.